The summed E-state index contributed by atoms with van der Waals surface area (Å²) in [6, 6.07) is 16.7. The fourth-order valence-electron chi connectivity index (χ4n) is 2.19. The van der Waals surface area contributed by atoms with Gasteiger partial charge in [0.25, 0.3) is 5.91 Å². The van der Waals surface area contributed by atoms with Crippen molar-refractivity contribution in [2.45, 2.75) is 6.54 Å². The third-order valence-corrected chi connectivity index (χ3v) is 3.37. The van der Waals surface area contributed by atoms with Gasteiger partial charge in [0, 0.05) is 6.54 Å². The van der Waals surface area contributed by atoms with E-state index in [1.807, 2.05) is 48.5 Å². The summed E-state index contributed by atoms with van der Waals surface area (Å²) < 4.78 is 10.5. The van der Waals surface area contributed by atoms with Crippen molar-refractivity contribution < 1.29 is 14.3 Å². The first-order chi connectivity index (χ1) is 11.3. The number of hydrogen-bond donors (Lipinski definition) is 1. The molecule has 114 valence electrons. The van der Waals surface area contributed by atoms with Gasteiger partial charge in [-0.25, -0.2) is 0 Å². The standard InChI is InChI=1S/C18H14N2O3/c19-10-15(8-13-4-2-1-3-5-13)18(21)20-11-14-6-7-16-17(9-14)23-12-22-16/h1-9H,11-12H2,(H,20,21)/b15-8+. The number of nitrogens with zero attached hydrogens (tertiary/aromatic N) is 1. The van der Waals surface area contributed by atoms with Crippen molar-refractivity contribution in [1.82, 2.24) is 5.32 Å². The SMILES string of the molecule is N#C/C(=C\c1ccccc1)C(=O)NCc1ccc2c(c1)OCO2. The quantitative estimate of drug-likeness (QED) is 0.696. The number of fused-ring (bicyclic) bond motifs is 1. The van der Waals surface area contributed by atoms with Gasteiger partial charge >= 0.3 is 0 Å². The van der Waals surface area contributed by atoms with E-state index < -0.39 is 5.91 Å². The number of amides is 1. The molecule has 1 heterocycles. The molecule has 0 aliphatic carbocycles. The summed E-state index contributed by atoms with van der Waals surface area (Å²) in [7, 11) is 0. The monoisotopic (exact) mass is 306 g/mol. The molecule has 0 aromatic heterocycles. The second-order valence-corrected chi connectivity index (χ2v) is 4.95. The lowest BCUT2D eigenvalue weighted by Crippen LogP contribution is -2.23. The summed E-state index contributed by atoms with van der Waals surface area (Å²) in [4.78, 5) is 12.1. The minimum absolute atomic E-state index is 0.0666. The van der Waals surface area contributed by atoms with Crippen LogP contribution < -0.4 is 14.8 Å². The van der Waals surface area contributed by atoms with Crippen LogP contribution in [0.4, 0.5) is 0 Å². The zero-order valence-corrected chi connectivity index (χ0v) is 12.3. The average molecular weight is 306 g/mol. The number of rotatable bonds is 4. The van der Waals surface area contributed by atoms with Gasteiger partial charge in [-0.2, -0.15) is 5.26 Å². The van der Waals surface area contributed by atoms with E-state index >= 15 is 0 Å². The van der Waals surface area contributed by atoms with Crippen LogP contribution in [0.25, 0.3) is 6.08 Å². The van der Waals surface area contributed by atoms with Crippen LogP contribution in [0.5, 0.6) is 11.5 Å². The van der Waals surface area contributed by atoms with Gasteiger partial charge in [-0.05, 0) is 29.3 Å². The Kier molecular flexibility index (Phi) is 4.25. The van der Waals surface area contributed by atoms with E-state index in [1.165, 1.54) is 0 Å². The minimum Gasteiger partial charge on any atom is -0.454 e. The zero-order valence-electron chi connectivity index (χ0n) is 12.3. The lowest BCUT2D eigenvalue weighted by Gasteiger charge is -2.05. The summed E-state index contributed by atoms with van der Waals surface area (Å²) in [5, 5.41) is 11.9. The maximum atomic E-state index is 12.1. The van der Waals surface area contributed by atoms with Gasteiger partial charge in [0.15, 0.2) is 11.5 Å². The molecule has 2 aromatic carbocycles. The number of ether oxygens (including phenoxy) is 2. The maximum absolute atomic E-state index is 12.1. The highest BCUT2D eigenvalue weighted by Gasteiger charge is 2.14. The lowest BCUT2D eigenvalue weighted by molar-refractivity contribution is -0.117. The van der Waals surface area contributed by atoms with Gasteiger partial charge < -0.3 is 14.8 Å². The Labute approximate surface area is 133 Å². The van der Waals surface area contributed by atoms with Gasteiger partial charge in [-0.15, -0.1) is 0 Å². The van der Waals surface area contributed by atoms with Gasteiger partial charge in [-0.3, -0.25) is 4.79 Å². The number of carbonyl (C=O) groups excluding carboxylic acids is 1. The van der Waals surface area contributed by atoms with E-state index in [1.54, 1.807) is 12.1 Å². The normalized spacial score (nSPS) is 12.6. The average Bonchev–Trinajstić information content (AvgIpc) is 3.06. The first-order valence-corrected chi connectivity index (χ1v) is 7.10. The van der Waals surface area contributed by atoms with E-state index in [0.29, 0.717) is 18.0 Å². The molecule has 1 amide bonds. The third kappa shape index (κ3) is 3.50. The molecule has 23 heavy (non-hydrogen) atoms. The summed E-state index contributed by atoms with van der Waals surface area (Å²) >= 11 is 0. The predicted octanol–water partition coefficient (Wildman–Crippen LogP) is 2.64. The molecule has 0 bridgehead atoms. The van der Waals surface area contributed by atoms with Crippen molar-refractivity contribution in [3.8, 4) is 17.6 Å². The van der Waals surface area contributed by atoms with Crippen molar-refractivity contribution in [2.75, 3.05) is 6.79 Å². The second kappa shape index (κ2) is 6.67. The fraction of sp³-hybridized carbons (Fsp3) is 0.111. The molecule has 5 heteroatoms. The largest absolute Gasteiger partial charge is 0.454 e. The molecule has 0 saturated heterocycles. The van der Waals surface area contributed by atoms with Crippen LogP contribution in [-0.4, -0.2) is 12.7 Å². The summed E-state index contributed by atoms with van der Waals surface area (Å²) in [5.74, 6) is 0.952. The molecular weight excluding hydrogens is 292 g/mol. The van der Waals surface area contributed by atoms with Crippen LogP contribution in [0.2, 0.25) is 0 Å². The fourth-order valence-corrected chi connectivity index (χ4v) is 2.19. The number of hydrogen-bond acceptors (Lipinski definition) is 4. The molecule has 1 aliphatic rings. The molecule has 0 unspecified atom stereocenters. The van der Waals surface area contributed by atoms with Crippen LogP contribution in [0.1, 0.15) is 11.1 Å². The summed E-state index contributed by atoms with van der Waals surface area (Å²) in [5.41, 5.74) is 1.75. The Bertz CT molecular complexity index is 792. The summed E-state index contributed by atoms with van der Waals surface area (Å²) in [6.07, 6.45) is 1.56. The van der Waals surface area contributed by atoms with Crippen molar-refractivity contribution >= 4 is 12.0 Å². The predicted molar refractivity (Wildman–Crippen MR) is 84.4 cm³/mol. The first kappa shape index (κ1) is 14.7. The topological polar surface area (TPSA) is 71.4 Å². The highest BCUT2D eigenvalue weighted by molar-refractivity contribution is 6.01. The molecule has 5 nitrogen and oxygen atoms in total. The van der Waals surface area contributed by atoms with Gasteiger partial charge in [-0.1, -0.05) is 36.4 Å². The van der Waals surface area contributed by atoms with Gasteiger partial charge in [0.2, 0.25) is 6.79 Å². The van der Waals surface area contributed by atoms with E-state index in [0.717, 1.165) is 11.1 Å². The number of nitrogens with one attached hydrogen (secondary N) is 1. The Balaban J connectivity index is 1.66. The van der Waals surface area contributed by atoms with E-state index in [-0.39, 0.29) is 12.4 Å². The van der Waals surface area contributed by atoms with E-state index in [4.69, 9.17) is 14.7 Å². The minimum atomic E-state index is -0.408. The van der Waals surface area contributed by atoms with Gasteiger partial charge in [0.05, 0.1) is 0 Å². The molecule has 0 radical (unpaired) electrons. The van der Waals surface area contributed by atoms with Crippen molar-refractivity contribution in [3.05, 3.63) is 65.2 Å². The highest BCUT2D eigenvalue weighted by atomic mass is 16.7. The molecular formula is C18H14N2O3. The van der Waals surface area contributed by atoms with Crippen LogP contribution >= 0.6 is 0 Å². The Morgan fingerprint density at radius 1 is 1.17 bits per heavy atom. The Morgan fingerprint density at radius 2 is 1.96 bits per heavy atom. The Morgan fingerprint density at radius 3 is 2.74 bits per heavy atom. The van der Waals surface area contributed by atoms with Crippen molar-refractivity contribution in [3.63, 3.8) is 0 Å². The van der Waals surface area contributed by atoms with Crippen LogP contribution in [0, 0.1) is 11.3 Å². The van der Waals surface area contributed by atoms with E-state index in [2.05, 4.69) is 5.32 Å². The maximum Gasteiger partial charge on any atom is 0.262 e. The van der Waals surface area contributed by atoms with Crippen LogP contribution in [0.3, 0.4) is 0 Å². The lowest BCUT2D eigenvalue weighted by atomic mass is 10.1. The molecule has 1 aliphatic heterocycles. The molecule has 0 fully saturated rings. The third-order valence-electron chi connectivity index (χ3n) is 3.37. The summed E-state index contributed by atoms with van der Waals surface area (Å²) in [6.45, 7) is 0.521. The highest BCUT2D eigenvalue weighted by Crippen LogP contribution is 2.32. The molecule has 0 atom stereocenters. The van der Waals surface area contributed by atoms with Crippen molar-refractivity contribution in [2.24, 2.45) is 0 Å². The molecule has 3 rings (SSSR count). The van der Waals surface area contributed by atoms with Gasteiger partial charge in [0.1, 0.15) is 11.6 Å². The van der Waals surface area contributed by atoms with Crippen molar-refractivity contribution in [1.29, 1.82) is 5.26 Å². The number of nitriles is 1. The number of benzene rings is 2. The van der Waals surface area contributed by atoms with Crippen LogP contribution in [-0.2, 0) is 11.3 Å². The molecule has 0 spiro atoms. The smallest absolute Gasteiger partial charge is 0.262 e. The second-order valence-electron chi connectivity index (χ2n) is 4.95. The zero-order chi connectivity index (χ0) is 16.1. The first-order valence-electron chi connectivity index (χ1n) is 7.10. The molecule has 1 N–H and O–H groups in total. The van der Waals surface area contributed by atoms with Crippen LogP contribution in [0.15, 0.2) is 54.1 Å². The molecule has 2 aromatic rings. The Hall–Kier alpha value is -3.26. The molecule has 0 saturated carbocycles. The van der Waals surface area contributed by atoms with E-state index in [9.17, 15) is 4.79 Å². The number of carbonyl (C=O) groups is 1.